The molecule has 4 rings (SSSR count). The summed E-state index contributed by atoms with van der Waals surface area (Å²) in [4.78, 5) is 15.7. The molecule has 0 unspecified atom stereocenters. The summed E-state index contributed by atoms with van der Waals surface area (Å²) in [6.07, 6.45) is 2.25. The van der Waals surface area contributed by atoms with E-state index in [1.54, 1.807) is 18.2 Å². The largest absolute Gasteiger partial charge is 0.507 e. The normalized spacial score (nSPS) is 14.1. The Bertz CT molecular complexity index is 1000. The van der Waals surface area contributed by atoms with Crippen molar-refractivity contribution in [2.75, 3.05) is 28.7 Å². The Morgan fingerprint density at radius 2 is 1.62 bits per heavy atom. The Morgan fingerprint density at radius 1 is 0.931 bits per heavy atom. The lowest BCUT2D eigenvalue weighted by atomic mass is 10.1. The van der Waals surface area contributed by atoms with Crippen LogP contribution in [0.3, 0.4) is 0 Å². The smallest absolute Gasteiger partial charge is 0.250 e. The van der Waals surface area contributed by atoms with Crippen molar-refractivity contribution < 1.29 is 5.11 Å². The summed E-state index contributed by atoms with van der Waals surface area (Å²) >= 11 is 0. The van der Waals surface area contributed by atoms with E-state index >= 15 is 0 Å². The monoisotopic (exact) mass is 389 g/mol. The van der Waals surface area contributed by atoms with Crippen LogP contribution in [-0.2, 0) is 0 Å². The Kier molecular flexibility index (Phi) is 5.51. The number of aromatic nitrogens is 3. The molecule has 0 atom stereocenters. The fourth-order valence-corrected chi connectivity index (χ4v) is 3.15. The second-order valence-electron chi connectivity index (χ2n) is 6.79. The number of hydrazone groups is 1. The van der Waals surface area contributed by atoms with Crippen LogP contribution in [0.5, 0.6) is 5.75 Å². The van der Waals surface area contributed by atoms with Crippen molar-refractivity contribution in [3.8, 4) is 5.75 Å². The number of aromatic hydroxyl groups is 1. The van der Waals surface area contributed by atoms with Crippen LogP contribution in [0.2, 0.25) is 0 Å². The number of anilines is 4. The quantitative estimate of drug-likeness (QED) is 0.436. The summed E-state index contributed by atoms with van der Waals surface area (Å²) < 4.78 is 0. The molecule has 8 nitrogen and oxygen atoms in total. The summed E-state index contributed by atoms with van der Waals surface area (Å²) in [5.41, 5.74) is 5.08. The van der Waals surface area contributed by atoms with Crippen molar-refractivity contribution in [1.29, 1.82) is 0 Å². The molecule has 0 bridgehead atoms. The molecule has 1 aromatic heterocycles. The number of phenols is 1. The lowest BCUT2D eigenvalue weighted by Crippen LogP contribution is -2.22. The Hall–Kier alpha value is -3.68. The standard InChI is InChI=1S/C21H23N7O/c1-15(17-11-5-6-12-18(17)29)26-27-20-23-19(22-16-9-3-2-4-10-16)24-21(25-20)28-13-7-8-14-28/h2-6,9-12,29H,7-8,13-14H2,1H3,(H2,22,23,24,25,27). The number of hydrogen-bond acceptors (Lipinski definition) is 8. The average molecular weight is 389 g/mol. The zero-order valence-corrected chi connectivity index (χ0v) is 16.2. The Labute approximate surface area is 169 Å². The lowest BCUT2D eigenvalue weighted by molar-refractivity contribution is 0.474. The fraction of sp³-hybridized carbons (Fsp3) is 0.238. The maximum absolute atomic E-state index is 10.0. The van der Waals surface area contributed by atoms with Crippen molar-refractivity contribution in [1.82, 2.24) is 15.0 Å². The van der Waals surface area contributed by atoms with Gasteiger partial charge in [-0.2, -0.15) is 20.1 Å². The molecular formula is C21H23N7O. The fourth-order valence-electron chi connectivity index (χ4n) is 3.15. The van der Waals surface area contributed by atoms with Gasteiger partial charge in [0, 0.05) is 24.3 Å². The van der Waals surface area contributed by atoms with Gasteiger partial charge >= 0.3 is 0 Å². The second kappa shape index (κ2) is 8.55. The van der Waals surface area contributed by atoms with Crippen LogP contribution in [0.25, 0.3) is 0 Å². The van der Waals surface area contributed by atoms with Crippen LogP contribution >= 0.6 is 0 Å². The number of rotatable bonds is 6. The van der Waals surface area contributed by atoms with E-state index < -0.39 is 0 Å². The number of benzene rings is 2. The molecule has 1 aliphatic heterocycles. The third-order valence-corrected chi connectivity index (χ3v) is 4.66. The molecule has 3 aromatic rings. The van der Waals surface area contributed by atoms with E-state index in [9.17, 15) is 5.11 Å². The third kappa shape index (κ3) is 4.60. The number of hydrogen-bond donors (Lipinski definition) is 3. The summed E-state index contributed by atoms with van der Waals surface area (Å²) in [5, 5.41) is 17.6. The molecule has 1 saturated heterocycles. The van der Waals surface area contributed by atoms with Crippen LogP contribution in [0.1, 0.15) is 25.3 Å². The van der Waals surface area contributed by atoms with Gasteiger partial charge in [0.05, 0.1) is 5.71 Å². The van der Waals surface area contributed by atoms with E-state index in [4.69, 9.17) is 0 Å². The highest BCUT2D eigenvalue weighted by Gasteiger charge is 2.17. The first-order valence-electron chi connectivity index (χ1n) is 9.61. The van der Waals surface area contributed by atoms with Gasteiger partial charge in [-0.3, -0.25) is 0 Å². The molecule has 8 heteroatoms. The zero-order chi connectivity index (χ0) is 20.1. The molecule has 1 fully saturated rings. The van der Waals surface area contributed by atoms with Crippen molar-refractivity contribution in [2.24, 2.45) is 5.10 Å². The van der Waals surface area contributed by atoms with Crippen LogP contribution < -0.4 is 15.6 Å². The third-order valence-electron chi connectivity index (χ3n) is 4.66. The lowest BCUT2D eigenvalue weighted by Gasteiger charge is -2.16. The topological polar surface area (TPSA) is 98.6 Å². The van der Waals surface area contributed by atoms with Crippen molar-refractivity contribution in [2.45, 2.75) is 19.8 Å². The molecule has 3 N–H and O–H groups in total. The van der Waals surface area contributed by atoms with E-state index in [1.807, 2.05) is 43.3 Å². The first-order chi connectivity index (χ1) is 14.2. The predicted octanol–water partition coefficient (Wildman–Crippen LogP) is 3.76. The molecule has 2 aromatic carbocycles. The zero-order valence-electron chi connectivity index (χ0n) is 16.2. The molecule has 0 saturated carbocycles. The van der Waals surface area contributed by atoms with E-state index in [0.717, 1.165) is 31.6 Å². The first kappa shape index (κ1) is 18.7. The Morgan fingerprint density at radius 3 is 2.38 bits per heavy atom. The second-order valence-corrected chi connectivity index (χ2v) is 6.79. The number of phenolic OH excluding ortho intramolecular Hbond substituents is 1. The minimum absolute atomic E-state index is 0.176. The molecule has 0 aliphatic carbocycles. The SMILES string of the molecule is CC(=NNc1nc(Nc2ccccc2)nc(N2CCCC2)n1)c1ccccc1O. The van der Waals surface area contributed by atoms with Gasteiger partial charge in [-0.15, -0.1) is 0 Å². The van der Waals surface area contributed by atoms with Crippen molar-refractivity contribution in [3.63, 3.8) is 0 Å². The predicted molar refractivity (Wildman–Crippen MR) is 115 cm³/mol. The molecule has 0 spiro atoms. The van der Waals surface area contributed by atoms with Gasteiger partial charge in [0.15, 0.2) is 0 Å². The van der Waals surface area contributed by atoms with Gasteiger partial charge in [-0.25, -0.2) is 5.43 Å². The molecule has 0 amide bonds. The average Bonchev–Trinajstić information content (AvgIpc) is 3.28. The maximum atomic E-state index is 10.0. The number of nitrogens with one attached hydrogen (secondary N) is 2. The van der Waals surface area contributed by atoms with Crippen LogP contribution in [0.4, 0.5) is 23.5 Å². The minimum Gasteiger partial charge on any atom is -0.507 e. The van der Waals surface area contributed by atoms with Crippen LogP contribution in [0.15, 0.2) is 59.7 Å². The molecule has 29 heavy (non-hydrogen) atoms. The number of para-hydroxylation sites is 2. The summed E-state index contributed by atoms with van der Waals surface area (Å²) in [7, 11) is 0. The summed E-state index contributed by atoms with van der Waals surface area (Å²) in [6, 6.07) is 16.8. The van der Waals surface area contributed by atoms with E-state index in [2.05, 4.69) is 35.7 Å². The highest BCUT2D eigenvalue weighted by Crippen LogP contribution is 2.21. The molecule has 2 heterocycles. The highest BCUT2D eigenvalue weighted by molar-refractivity contribution is 6.01. The molecule has 148 valence electrons. The van der Waals surface area contributed by atoms with Crippen molar-refractivity contribution in [3.05, 3.63) is 60.2 Å². The van der Waals surface area contributed by atoms with Gasteiger partial charge in [0.2, 0.25) is 17.8 Å². The minimum atomic E-state index is 0.176. The molecular weight excluding hydrogens is 366 g/mol. The van der Waals surface area contributed by atoms with Gasteiger partial charge in [-0.05, 0) is 44.0 Å². The first-order valence-corrected chi connectivity index (χ1v) is 9.61. The van der Waals surface area contributed by atoms with Gasteiger partial charge in [0.25, 0.3) is 0 Å². The van der Waals surface area contributed by atoms with Gasteiger partial charge in [-0.1, -0.05) is 30.3 Å². The van der Waals surface area contributed by atoms with Crippen molar-refractivity contribution >= 4 is 29.2 Å². The molecule has 0 radical (unpaired) electrons. The summed E-state index contributed by atoms with van der Waals surface area (Å²) in [5.74, 6) is 1.59. The highest BCUT2D eigenvalue weighted by atomic mass is 16.3. The van der Waals surface area contributed by atoms with E-state index in [0.29, 0.717) is 29.1 Å². The summed E-state index contributed by atoms with van der Waals surface area (Å²) in [6.45, 7) is 3.66. The maximum Gasteiger partial charge on any atom is 0.250 e. The Balaban J connectivity index is 1.61. The van der Waals surface area contributed by atoms with Gasteiger partial charge in [0.1, 0.15) is 5.75 Å². The van der Waals surface area contributed by atoms with E-state index in [-0.39, 0.29) is 5.75 Å². The molecule has 1 aliphatic rings. The van der Waals surface area contributed by atoms with Crippen LogP contribution in [0, 0.1) is 0 Å². The van der Waals surface area contributed by atoms with Gasteiger partial charge < -0.3 is 15.3 Å². The number of nitrogens with zero attached hydrogens (tertiary/aromatic N) is 5. The van der Waals surface area contributed by atoms with Crippen LogP contribution in [-0.4, -0.2) is 38.9 Å². The van der Waals surface area contributed by atoms with E-state index in [1.165, 1.54) is 0 Å².